The summed E-state index contributed by atoms with van der Waals surface area (Å²) in [6.45, 7) is 31.0. The Morgan fingerprint density at radius 2 is 0.929 bits per heavy atom. The van der Waals surface area contributed by atoms with Gasteiger partial charge in [0.15, 0.2) is 0 Å². The Morgan fingerprint density at radius 3 is 1.42 bits per heavy atom. The van der Waals surface area contributed by atoms with Crippen LogP contribution in [0.3, 0.4) is 0 Å². The average Bonchev–Trinajstić information content (AvgIpc) is 0.808. The number of hydrogen-bond acceptors (Lipinski definition) is 13. The Labute approximate surface area is 591 Å². The second-order valence-electron chi connectivity index (χ2n) is 30.6. The molecule has 0 bridgehead atoms. The van der Waals surface area contributed by atoms with E-state index in [0.29, 0.717) is 37.9 Å². The Kier molecular flexibility index (Phi) is 34.0. The number of hydrogen-bond donors (Lipinski definition) is 5. The van der Waals surface area contributed by atoms with Crippen LogP contribution in [0.25, 0.3) is 0 Å². The van der Waals surface area contributed by atoms with E-state index in [1.807, 2.05) is 78.5 Å². The molecule has 2 fully saturated rings. The standard InChI is InChI=1S/C74H126N12O13/c1-25-54-70(95)79(18)51(17)68(93)80(19)56(38-43(4)5)65(90)78-59(46(10)11)73(98)81(20)55(37-42(2)3)64(89)75-49(15)63(88)76-50(16)67(92)82(21)57(39-44(6)7)71(96)83(22)58(40-45(8)9)72(97)84(23)60(47(12)13)74(99)85(24)61(66(91)77-54)62(87)48(14)31-29-32-52-33-30-34-53(41-52)69(94)86-35-27-26-28-36-86/h30,33-34,41-51,54-62,87H,25-29,31-32,35-40H2,1-24H3,(H,75,89)(H,76,88)(H,77,91)(H,78,90)/t48-,49+,50-,51-,54+,55+,56+,57+,58+,59+,60+,61+,62-/m1/s1. The first-order valence-electron chi connectivity index (χ1n) is 36.2. The number of likely N-dealkylation sites (tertiary alicyclic amines) is 1. The van der Waals surface area contributed by atoms with Crippen LogP contribution < -0.4 is 21.3 Å². The maximum absolute atomic E-state index is 15.5. The van der Waals surface area contributed by atoms with E-state index in [4.69, 9.17) is 0 Å². The highest BCUT2D eigenvalue weighted by Gasteiger charge is 2.46. The first-order chi connectivity index (χ1) is 46.0. The molecule has 12 amide bonds. The van der Waals surface area contributed by atoms with Crippen LogP contribution in [0.15, 0.2) is 24.3 Å². The third kappa shape index (κ3) is 23.4. The lowest BCUT2D eigenvalue weighted by atomic mass is 9.89. The number of nitrogens with one attached hydrogen (secondary N) is 4. The minimum absolute atomic E-state index is 0.0114. The number of nitrogens with zero attached hydrogens (tertiary/aromatic N) is 8. The molecule has 2 heterocycles. The maximum Gasteiger partial charge on any atom is 0.253 e. The Hall–Kier alpha value is -7.18. The molecule has 25 heteroatoms. The van der Waals surface area contributed by atoms with Gasteiger partial charge in [-0.15, -0.1) is 0 Å². The van der Waals surface area contributed by atoms with Crippen LogP contribution in [0, 0.1) is 41.4 Å². The van der Waals surface area contributed by atoms with Gasteiger partial charge in [-0.1, -0.05) is 109 Å². The predicted octanol–water partition coefficient (Wildman–Crippen LogP) is 5.34. The molecule has 0 saturated carbocycles. The molecule has 25 nitrogen and oxygen atoms in total. The zero-order valence-corrected chi connectivity index (χ0v) is 64.4. The van der Waals surface area contributed by atoms with Gasteiger partial charge in [0.25, 0.3) is 5.91 Å². The van der Waals surface area contributed by atoms with Crippen LogP contribution >= 0.6 is 0 Å². The molecule has 0 aromatic heterocycles. The fourth-order valence-corrected chi connectivity index (χ4v) is 13.3. The lowest BCUT2D eigenvalue weighted by Crippen LogP contribution is -2.64. The molecule has 0 spiro atoms. The molecule has 2 aliphatic rings. The fraction of sp³-hybridized carbons (Fsp3) is 0.757. The van der Waals surface area contributed by atoms with Gasteiger partial charge in [-0.05, 0) is 151 Å². The Balaban J connectivity index is 2.30. The second kappa shape index (κ2) is 39.1. The number of aliphatic hydroxyl groups excluding tert-OH is 1. The van der Waals surface area contributed by atoms with E-state index in [1.165, 1.54) is 94.6 Å². The SMILES string of the molecule is CC[C@@H]1NC(=O)[C@H]([C@H](O)[C@H](C)CCCc2cccc(C(=O)N3CCCCC3)c2)N(C)C(=O)[C@H](C(C)C)N(C)C(=O)[C@H](CC(C)C)N(C)C(=O)[C@H](CC(C)C)N(C)C(=O)[C@@H](C)NC(=O)[C@H](C)NC(=O)[C@H](CC(C)C)N(C)C(=O)[C@H](C(C)C)NC(=O)[C@H](CC(C)C)N(C)C(=O)[C@@H](C)N(C)C1=O. The number of likely N-dealkylation sites (N-methyl/N-ethyl adjacent to an activating group) is 7. The van der Waals surface area contributed by atoms with Crippen molar-refractivity contribution in [1.82, 2.24) is 60.5 Å². The number of amides is 12. The maximum atomic E-state index is 15.5. The van der Waals surface area contributed by atoms with Crippen LogP contribution in [0.2, 0.25) is 0 Å². The van der Waals surface area contributed by atoms with Crippen LogP contribution in [-0.2, 0) is 59.2 Å². The molecule has 1 aromatic carbocycles. The lowest BCUT2D eigenvalue weighted by Gasteiger charge is -2.41. The third-order valence-electron chi connectivity index (χ3n) is 19.8. The summed E-state index contributed by atoms with van der Waals surface area (Å²) >= 11 is 0. The summed E-state index contributed by atoms with van der Waals surface area (Å²) in [6, 6.07) is -6.45. The highest BCUT2D eigenvalue weighted by Crippen LogP contribution is 2.27. The number of aliphatic hydroxyl groups is 1. The smallest absolute Gasteiger partial charge is 0.253 e. The molecular weight excluding hydrogens is 1260 g/mol. The minimum atomic E-state index is -1.68. The number of benzene rings is 1. The van der Waals surface area contributed by atoms with Crippen molar-refractivity contribution in [2.24, 2.45) is 41.4 Å². The quantitative estimate of drug-likeness (QED) is 0.124. The topological polar surface area (TPSA) is 299 Å². The number of carbonyl (C=O) groups excluding carboxylic acids is 12. The summed E-state index contributed by atoms with van der Waals surface area (Å²) in [5, 5.41) is 23.8. The minimum Gasteiger partial charge on any atom is -0.390 e. The highest BCUT2D eigenvalue weighted by atomic mass is 16.3. The lowest BCUT2D eigenvalue weighted by molar-refractivity contribution is -0.157. The van der Waals surface area contributed by atoms with E-state index < -0.39 is 155 Å². The molecule has 5 N–H and O–H groups in total. The van der Waals surface area contributed by atoms with Crippen molar-refractivity contribution in [3.05, 3.63) is 35.4 Å². The van der Waals surface area contributed by atoms with Gasteiger partial charge in [0.1, 0.15) is 66.5 Å². The van der Waals surface area contributed by atoms with Crippen molar-refractivity contribution in [3.8, 4) is 0 Å². The summed E-state index contributed by atoms with van der Waals surface area (Å²) in [6.07, 6.45) is 3.31. The van der Waals surface area contributed by atoms with Gasteiger partial charge in [0.05, 0.1) is 6.10 Å². The summed E-state index contributed by atoms with van der Waals surface area (Å²) in [7, 11) is 9.97. The number of carbonyl (C=O) groups is 12. The summed E-state index contributed by atoms with van der Waals surface area (Å²) in [4.78, 5) is 187. The molecule has 0 unspecified atom stereocenters. The fourth-order valence-electron chi connectivity index (χ4n) is 13.3. The summed E-state index contributed by atoms with van der Waals surface area (Å²) in [5.74, 6) is -10.1. The monoisotopic (exact) mass is 1390 g/mol. The van der Waals surface area contributed by atoms with Gasteiger partial charge in [-0.3, -0.25) is 57.5 Å². The Morgan fingerprint density at radius 1 is 0.475 bits per heavy atom. The van der Waals surface area contributed by atoms with E-state index in [2.05, 4.69) is 21.3 Å². The zero-order chi connectivity index (χ0) is 75.5. The van der Waals surface area contributed by atoms with Crippen molar-refractivity contribution in [3.63, 3.8) is 0 Å². The van der Waals surface area contributed by atoms with Crippen molar-refractivity contribution in [1.29, 1.82) is 0 Å². The van der Waals surface area contributed by atoms with Crippen molar-refractivity contribution < 1.29 is 62.6 Å². The van der Waals surface area contributed by atoms with Gasteiger partial charge in [0.2, 0.25) is 65.0 Å². The van der Waals surface area contributed by atoms with E-state index in [-0.39, 0.29) is 61.7 Å². The molecule has 560 valence electrons. The molecule has 99 heavy (non-hydrogen) atoms. The average molecular weight is 1390 g/mol. The Bertz CT molecular complexity index is 2930. The highest BCUT2D eigenvalue weighted by molar-refractivity contribution is 6.00. The van der Waals surface area contributed by atoms with Gasteiger partial charge >= 0.3 is 0 Å². The first-order valence-corrected chi connectivity index (χ1v) is 36.2. The molecule has 3 rings (SSSR count). The largest absolute Gasteiger partial charge is 0.390 e. The van der Waals surface area contributed by atoms with Crippen molar-refractivity contribution in [2.45, 2.75) is 261 Å². The third-order valence-corrected chi connectivity index (χ3v) is 19.8. The van der Waals surface area contributed by atoms with Crippen molar-refractivity contribution >= 4 is 70.9 Å². The molecule has 2 aliphatic heterocycles. The van der Waals surface area contributed by atoms with Crippen LogP contribution in [0.5, 0.6) is 0 Å². The number of piperidine rings is 1. The second-order valence-corrected chi connectivity index (χ2v) is 30.6. The molecule has 13 atom stereocenters. The van der Waals surface area contributed by atoms with Crippen molar-refractivity contribution in [2.75, 3.05) is 62.4 Å². The molecule has 0 radical (unpaired) electrons. The van der Waals surface area contributed by atoms with E-state index in [0.717, 1.165) is 34.6 Å². The normalized spacial score (nSPS) is 26.3. The van der Waals surface area contributed by atoms with E-state index in [9.17, 15) is 43.5 Å². The summed E-state index contributed by atoms with van der Waals surface area (Å²) in [5.41, 5.74) is 1.49. The van der Waals surface area contributed by atoms with Gasteiger partial charge < -0.3 is 65.6 Å². The van der Waals surface area contributed by atoms with Gasteiger partial charge in [-0.2, -0.15) is 0 Å². The zero-order valence-electron chi connectivity index (χ0n) is 64.4. The first kappa shape index (κ1) is 86.0. The molecule has 0 aliphatic carbocycles. The molecular formula is C74H126N12O13. The predicted molar refractivity (Wildman–Crippen MR) is 383 cm³/mol. The number of aryl methyl sites for hydroxylation is 1. The van der Waals surface area contributed by atoms with Gasteiger partial charge in [-0.25, -0.2) is 0 Å². The van der Waals surface area contributed by atoms with Crippen LogP contribution in [-0.4, -0.2) is 250 Å². The molecule has 2 saturated heterocycles. The van der Waals surface area contributed by atoms with Crippen LogP contribution in [0.4, 0.5) is 0 Å². The number of rotatable bonds is 18. The van der Waals surface area contributed by atoms with Crippen LogP contribution in [0.1, 0.15) is 198 Å². The van der Waals surface area contributed by atoms with E-state index in [1.54, 1.807) is 47.6 Å². The van der Waals surface area contributed by atoms with Gasteiger partial charge in [0, 0.05) is 68.0 Å². The molecule has 1 aromatic rings. The summed E-state index contributed by atoms with van der Waals surface area (Å²) < 4.78 is 0. The van der Waals surface area contributed by atoms with E-state index >= 15 is 19.2 Å².